The van der Waals surface area contributed by atoms with Crippen molar-refractivity contribution in [2.75, 3.05) is 12.3 Å². The second-order valence-electron chi connectivity index (χ2n) is 2.64. The van der Waals surface area contributed by atoms with Gasteiger partial charge in [0.25, 0.3) is 0 Å². The molecule has 1 rings (SSSR count). The van der Waals surface area contributed by atoms with E-state index in [9.17, 15) is 4.79 Å². The number of thioether (sulfide) groups is 1. The van der Waals surface area contributed by atoms with Crippen molar-refractivity contribution in [2.24, 2.45) is 5.92 Å². The van der Waals surface area contributed by atoms with Gasteiger partial charge in [-0.05, 0) is 6.92 Å². The fraction of sp³-hybridized carbons (Fsp3) is 0.625. The summed E-state index contributed by atoms with van der Waals surface area (Å²) >= 11 is 1.42. The molecular formula is C8H13NOS. The average Bonchev–Trinajstić information content (AvgIpc) is 2.36. The Morgan fingerprint density at radius 1 is 1.91 bits per heavy atom. The minimum atomic E-state index is 0.300. The van der Waals surface area contributed by atoms with Crippen LogP contribution in [0.2, 0.25) is 0 Å². The lowest BCUT2D eigenvalue weighted by molar-refractivity contribution is -0.110. The molecule has 0 aliphatic carbocycles. The van der Waals surface area contributed by atoms with Crippen molar-refractivity contribution in [3.05, 3.63) is 12.3 Å². The van der Waals surface area contributed by atoms with Crippen molar-refractivity contribution in [2.45, 2.75) is 13.3 Å². The van der Waals surface area contributed by atoms with Crippen LogP contribution in [0.4, 0.5) is 0 Å². The van der Waals surface area contributed by atoms with Crippen LogP contribution in [0.5, 0.6) is 0 Å². The SMILES string of the molecule is C=C(NCC)[C@H]1CSC(=O)C1. The maximum Gasteiger partial charge on any atom is 0.189 e. The molecule has 1 N–H and O–H groups in total. The van der Waals surface area contributed by atoms with Gasteiger partial charge in [0, 0.05) is 30.3 Å². The first kappa shape index (κ1) is 8.65. The molecule has 0 amide bonds. The first-order valence-electron chi connectivity index (χ1n) is 3.82. The van der Waals surface area contributed by atoms with Crippen molar-refractivity contribution in [1.29, 1.82) is 0 Å². The predicted octanol–water partition coefficient (Wildman–Crippen LogP) is 1.39. The van der Waals surface area contributed by atoms with Crippen LogP contribution < -0.4 is 5.32 Å². The number of nitrogens with one attached hydrogen (secondary N) is 1. The third-order valence-electron chi connectivity index (χ3n) is 1.76. The van der Waals surface area contributed by atoms with Gasteiger partial charge in [-0.25, -0.2) is 0 Å². The summed E-state index contributed by atoms with van der Waals surface area (Å²) in [6, 6.07) is 0. The van der Waals surface area contributed by atoms with Crippen molar-refractivity contribution >= 4 is 16.9 Å². The van der Waals surface area contributed by atoms with Crippen LogP contribution in [0.1, 0.15) is 13.3 Å². The molecule has 0 unspecified atom stereocenters. The van der Waals surface area contributed by atoms with Gasteiger partial charge in [-0.1, -0.05) is 18.3 Å². The third kappa shape index (κ3) is 2.26. The molecule has 1 aliphatic heterocycles. The summed E-state index contributed by atoms with van der Waals surface area (Å²) in [6.45, 7) is 6.82. The summed E-state index contributed by atoms with van der Waals surface area (Å²) < 4.78 is 0. The van der Waals surface area contributed by atoms with Crippen LogP contribution >= 0.6 is 11.8 Å². The topological polar surface area (TPSA) is 29.1 Å². The van der Waals surface area contributed by atoms with Gasteiger partial charge in [0.05, 0.1) is 0 Å². The van der Waals surface area contributed by atoms with E-state index in [2.05, 4.69) is 11.9 Å². The molecule has 1 aliphatic rings. The molecule has 0 bridgehead atoms. The van der Waals surface area contributed by atoms with E-state index < -0.39 is 0 Å². The standard InChI is InChI=1S/C8H13NOS/c1-3-9-6(2)7-4-8(10)11-5-7/h7,9H,2-5H2,1H3/t7-/m1/s1. The Hall–Kier alpha value is -0.440. The molecule has 1 heterocycles. The summed E-state index contributed by atoms with van der Waals surface area (Å²) in [5.74, 6) is 1.28. The van der Waals surface area contributed by atoms with Crippen LogP contribution in [0.3, 0.4) is 0 Å². The van der Waals surface area contributed by atoms with Crippen LogP contribution in [0, 0.1) is 5.92 Å². The lowest BCUT2D eigenvalue weighted by Crippen LogP contribution is -2.18. The fourth-order valence-electron chi connectivity index (χ4n) is 1.11. The Kier molecular flexibility index (Phi) is 3.00. The molecular weight excluding hydrogens is 158 g/mol. The third-order valence-corrected chi connectivity index (χ3v) is 2.81. The van der Waals surface area contributed by atoms with Crippen LogP contribution in [0.25, 0.3) is 0 Å². The predicted molar refractivity (Wildman–Crippen MR) is 48.4 cm³/mol. The number of rotatable bonds is 3. The van der Waals surface area contributed by atoms with Crippen molar-refractivity contribution < 1.29 is 4.79 Å². The molecule has 0 saturated carbocycles. The zero-order chi connectivity index (χ0) is 8.27. The molecule has 1 saturated heterocycles. The number of carbonyl (C=O) groups is 1. The van der Waals surface area contributed by atoms with Crippen molar-refractivity contribution in [3.63, 3.8) is 0 Å². The highest BCUT2D eigenvalue weighted by molar-refractivity contribution is 8.14. The number of allylic oxidation sites excluding steroid dienone is 1. The number of hydrogen-bond donors (Lipinski definition) is 1. The molecule has 1 fully saturated rings. The molecule has 0 aromatic rings. The second kappa shape index (κ2) is 3.81. The minimum absolute atomic E-state index is 0.300. The van der Waals surface area contributed by atoms with E-state index in [0.717, 1.165) is 18.0 Å². The van der Waals surface area contributed by atoms with Gasteiger partial charge < -0.3 is 5.32 Å². The Morgan fingerprint density at radius 3 is 3.09 bits per heavy atom. The highest BCUT2D eigenvalue weighted by Gasteiger charge is 2.24. The van der Waals surface area contributed by atoms with E-state index in [1.165, 1.54) is 11.8 Å². The molecule has 0 radical (unpaired) electrons. The zero-order valence-electron chi connectivity index (χ0n) is 6.72. The molecule has 2 nitrogen and oxygen atoms in total. The molecule has 3 heteroatoms. The van der Waals surface area contributed by atoms with E-state index in [1.54, 1.807) is 0 Å². The smallest absolute Gasteiger partial charge is 0.189 e. The van der Waals surface area contributed by atoms with Gasteiger partial charge in [0.15, 0.2) is 5.12 Å². The van der Waals surface area contributed by atoms with Crippen molar-refractivity contribution in [1.82, 2.24) is 5.32 Å². The largest absolute Gasteiger partial charge is 0.389 e. The van der Waals surface area contributed by atoms with Crippen LogP contribution in [-0.4, -0.2) is 17.4 Å². The summed E-state index contributed by atoms with van der Waals surface area (Å²) in [6.07, 6.45) is 0.663. The Balaban J connectivity index is 2.37. The van der Waals surface area contributed by atoms with Gasteiger partial charge in [0.1, 0.15) is 0 Å². The van der Waals surface area contributed by atoms with Gasteiger partial charge >= 0.3 is 0 Å². The molecule has 0 aromatic heterocycles. The molecule has 0 aromatic carbocycles. The average molecular weight is 171 g/mol. The van der Waals surface area contributed by atoms with Crippen LogP contribution in [-0.2, 0) is 4.79 Å². The molecule has 0 spiro atoms. The van der Waals surface area contributed by atoms with E-state index >= 15 is 0 Å². The van der Waals surface area contributed by atoms with Gasteiger partial charge in [-0.15, -0.1) is 0 Å². The maximum absolute atomic E-state index is 10.9. The van der Waals surface area contributed by atoms with Gasteiger partial charge in [-0.2, -0.15) is 0 Å². The summed E-state index contributed by atoms with van der Waals surface area (Å²) in [4.78, 5) is 10.9. The summed E-state index contributed by atoms with van der Waals surface area (Å²) in [7, 11) is 0. The number of hydrogen-bond acceptors (Lipinski definition) is 3. The Bertz CT molecular complexity index is 179. The highest BCUT2D eigenvalue weighted by Crippen LogP contribution is 2.28. The van der Waals surface area contributed by atoms with Gasteiger partial charge in [-0.3, -0.25) is 4.79 Å². The highest BCUT2D eigenvalue weighted by atomic mass is 32.2. The number of carbonyl (C=O) groups excluding carboxylic acids is 1. The molecule has 1 atom stereocenters. The first-order chi connectivity index (χ1) is 5.24. The lowest BCUT2D eigenvalue weighted by Gasteiger charge is -2.11. The van der Waals surface area contributed by atoms with Gasteiger partial charge in [0.2, 0.25) is 0 Å². The molecule has 11 heavy (non-hydrogen) atoms. The van der Waals surface area contributed by atoms with Crippen LogP contribution in [0.15, 0.2) is 12.3 Å². The maximum atomic E-state index is 10.9. The Morgan fingerprint density at radius 2 is 2.64 bits per heavy atom. The minimum Gasteiger partial charge on any atom is -0.389 e. The quantitative estimate of drug-likeness (QED) is 0.695. The van der Waals surface area contributed by atoms with E-state index in [1.807, 2.05) is 6.92 Å². The molecule has 62 valence electrons. The van der Waals surface area contributed by atoms with E-state index in [-0.39, 0.29) is 0 Å². The second-order valence-corrected chi connectivity index (χ2v) is 3.72. The zero-order valence-corrected chi connectivity index (χ0v) is 7.54. The first-order valence-corrected chi connectivity index (χ1v) is 4.81. The monoisotopic (exact) mass is 171 g/mol. The summed E-state index contributed by atoms with van der Waals surface area (Å²) in [5, 5.41) is 3.45. The fourth-order valence-corrected chi connectivity index (χ4v) is 2.13. The lowest BCUT2D eigenvalue weighted by atomic mass is 10.1. The normalized spacial score (nSPS) is 23.7. The summed E-state index contributed by atoms with van der Waals surface area (Å²) in [5.41, 5.74) is 1.02. The van der Waals surface area contributed by atoms with E-state index in [0.29, 0.717) is 17.5 Å². The Labute approximate surface area is 71.4 Å². The van der Waals surface area contributed by atoms with Crippen molar-refractivity contribution in [3.8, 4) is 0 Å². The van der Waals surface area contributed by atoms with E-state index in [4.69, 9.17) is 0 Å².